The second-order valence-corrected chi connectivity index (χ2v) is 4.96. The Labute approximate surface area is 103 Å². The van der Waals surface area contributed by atoms with E-state index in [1.54, 1.807) is 6.07 Å². The highest BCUT2D eigenvalue weighted by Gasteiger charge is 2.10. The topological polar surface area (TPSA) is 23.8 Å². The highest BCUT2D eigenvalue weighted by molar-refractivity contribution is 9.10. The highest BCUT2D eigenvalue weighted by Crippen LogP contribution is 2.34. The van der Waals surface area contributed by atoms with Gasteiger partial charge in [0.05, 0.1) is 0 Å². The Morgan fingerprint density at radius 3 is 2.25 bits per heavy atom. The maximum Gasteiger partial charge on any atom is 0.126 e. The number of thiophene rings is 1. The molecule has 0 aliphatic rings. The van der Waals surface area contributed by atoms with Crippen LogP contribution in [0.3, 0.4) is 0 Å². The fraction of sp³-hybridized carbons (Fsp3) is 0. The maximum atomic E-state index is 13.0. The Morgan fingerprint density at radius 1 is 1.12 bits per heavy atom. The summed E-state index contributed by atoms with van der Waals surface area (Å²) >= 11 is 4.40. The summed E-state index contributed by atoms with van der Waals surface area (Å²) in [5.41, 5.74) is 0.435. The lowest BCUT2D eigenvalue weighted by atomic mass is 10.2. The average Bonchev–Trinajstić information content (AvgIpc) is 2.58. The molecule has 80 valence electrons. The van der Waals surface area contributed by atoms with Gasteiger partial charge < -0.3 is 0 Å². The van der Waals surface area contributed by atoms with Crippen molar-refractivity contribution < 1.29 is 8.78 Å². The van der Waals surface area contributed by atoms with Gasteiger partial charge in [0.1, 0.15) is 22.6 Å². The molecule has 1 nitrogen and oxygen atoms in total. The van der Waals surface area contributed by atoms with E-state index in [9.17, 15) is 8.78 Å². The minimum absolute atomic E-state index is 0.435. The zero-order valence-corrected chi connectivity index (χ0v) is 10.2. The van der Waals surface area contributed by atoms with Crippen LogP contribution in [-0.4, -0.2) is 0 Å². The molecular formula is C11H4BrF2NS. The van der Waals surface area contributed by atoms with Crippen LogP contribution >= 0.6 is 27.3 Å². The minimum Gasteiger partial charge on any atom is -0.207 e. The summed E-state index contributed by atoms with van der Waals surface area (Å²) in [5.74, 6) is -1.25. The van der Waals surface area contributed by atoms with Gasteiger partial charge in [-0.15, -0.1) is 11.3 Å². The molecule has 0 amide bonds. The van der Waals surface area contributed by atoms with Gasteiger partial charge in [0.15, 0.2) is 0 Å². The lowest BCUT2D eigenvalue weighted by molar-refractivity contribution is 0.584. The summed E-state index contributed by atoms with van der Waals surface area (Å²) < 4.78 is 26.6. The lowest BCUT2D eigenvalue weighted by Gasteiger charge is -1.97. The molecule has 0 aliphatic carbocycles. The number of rotatable bonds is 1. The summed E-state index contributed by atoms with van der Waals surface area (Å²) in [4.78, 5) is 1.14. The molecular weight excluding hydrogens is 296 g/mol. The average molecular weight is 300 g/mol. The molecule has 2 rings (SSSR count). The number of nitrogens with zero attached hydrogens (tertiary/aromatic N) is 1. The zero-order valence-electron chi connectivity index (χ0n) is 7.80. The van der Waals surface area contributed by atoms with E-state index in [0.717, 1.165) is 6.07 Å². The Hall–Kier alpha value is -1.25. The first-order chi connectivity index (χ1) is 7.60. The van der Waals surface area contributed by atoms with Gasteiger partial charge >= 0.3 is 0 Å². The van der Waals surface area contributed by atoms with E-state index >= 15 is 0 Å². The van der Waals surface area contributed by atoms with Crippen LogP contribution in [0.1, 0.15) is 4.88 Å². The maximum absolute atomic E-state index is 13.0. The Balaban J connectivity index is 2.55. The van der Waals surface area contributed by atoms with Crippen molar-refractivity contribution >= 4 is 27.3 Å². The molecule has 1 aromatic carbocycles. The van der Waals surface area contributed by atoms with Gasteiger partial charge in [0, 0.05) is 15.4 Å². The molecule has 5 heteroatoms. The van der Waals surface area contributed by atoms with E-state index in [4.69, 9.17) is 5.26 Å². The molecule has 0 saturated carbocycles. The molecule has 16 heavy (non-hydrogen) atoms. The second kappa shape index (κ2) is 4.32. The van der Waals surface area contributed by atoms with Crippen molar-refractivity contribution in [3.63, 3.8) is 0 Å². The van der Waals surface area contributed by atoms with Crippen LogP contribution in [-0.2, 0) is 0 Å². The third-order valence-corrected chi connectivity index (χ3v) is 3.91. The number of nitriles is 1. The van der Waals surface area contributed by atoms with E-state index in [1.807, 2.05) is 6.07 Å². The van der Waals surface area contributed by atoms with Crippen LogP contribution < -0.4 is 0 Å². The first-order valence-corrected chi connectivity index (χ1v) is 5.87. The summed E-state index contributed by atoms with van der Waals surface area (Å²) in [6.07, 6.45) is 0. The van der Waals surface area contributed by atoms with Crippen molar-refractivity contribution in [2.45, 2.75) is 0 Å². The Morgan fingerprint density at radius 2 is 1.75 bits per heavy atom. The molecule has 0 atom stereocenters. The fourth-order valence-electron chi connectivity index (χ4n) is 1.28. The van der Waals surface area contributed by atoms with Gasteiger partial charge in [-0.3, -0.25) is 0 Å². The molecule has 2 aromatic rings. The quantitative estimate of drug-likeness (QED) is 0.769. The van der Waals surface area contributed by atoms with Crippen molar-refractivity contribution in [1.82, 2.24) is 0 Å². The minimum atomic E-state index is -0.627. The fourth-order valence-corrected chi connectivity index (χ4v) is 2.83. The number of halogens is 3. The molecule has 0 fully saturated rings. The van der Waals surface area contributed by atoms with Gasteiger partial charge in [-0.1, -0.05) is 0 Å². The van der Waals surface area contributed by atoms with Crippen LogP contribution in [0.25, 0.3) is 10.4 Å². The van der Waals surface area contributed by atoms with Gasteiger partial charge in [-0.05, 0) is 39.7 Å². The smallest absolute Gasteiger partial charge is 0.126 e. The highest BCUT2D eigenvalue weighted by atomic mass is 79.9. The third kappa shape index (κ3) is 2.13. The van der Waals surface area contributed by atoms with Crippen LogP contribution in [0.4, 0.5) is 8.78 Å². The number of benzene rings is 1. The molecule has 0 unspecified atom stereocenters. The predicted octanol–water partition coefficient (Wildman–Crippen LogP) is 4.33. The Bertz CT molecular complexity index is 566. The largest absolute Gasteiger partial charge is 0.207 e. The summed E-state index contributed by atoms with van der Waals surface area (Å²) in [6.45, 7) is 0. The van der Waals surface area contributed by atoms with Gasteiger partial charge in [-0.2, -0.15) is 5.26 Å². The van der Waals surface area contributed by atoms with Crippen molar-refractivity contribution in [2.24, 2.45) is 0 Å². The second-order valence-electron chi connectivity index (χ2n) is 3.06. The standard InChI is InChI=1S/C11H4BrF2NS/c12-9-4-10(16-11(9)5-15)6-1-7(13)3-8(14)2-6/h1-4H. The van der Waals surface area contributed by atoms with Crippen molar-refractivity contribution in [3.05, 3.63) is 45.2 Å². The van der Waals surface area contributed by atoms with Gasteiger partial charge in [0.25, 0.3) is 0 Å². The SMILES string of the molecule is N#Cc1sc(-c2cc(F)cc(F)c2)cc1Br. The first kappa shape index (κ1) is 11.2. The van der Waals surface area contributed by atoms with Crippen LogP contribution in [0.15, 0.2) is 28.7 Å². The van der Waals surface area contributed by atoms with Crippen molar-refractivity contribution in [3.8, 4) is 16.5 Å². The van der Waals surface area contributed by atoms with Gasteiger partial charge in [0.2, 0.25) is 0 Å². The Kier molecular flexibility index (Phi) is 3.03. The number of hydrogen-bond acceptors (Lipinski definition) is 2. The lowest BCUT2D eigenvalue weighted by Crippen LogP contribution is -1.81. The third-order valence-electron chi connectivity index (χ3n) is 1.94. The van der Waals surface area contributed by atoms with E-state index in [2.05, 4.69) is 15.9 Å². The molecule has 0 spiro atoms. The van der Waals surface area contributed by atoms with Crippen molar-refractivity contribution in [2.75, 3.05) is 0 Å². The summed E-state index contributed by atoms with van der Waals surface area (Å²) in [7, 11) is 0. The number of hydrogen-bond donors (Lipinski definition) is 0. The predicted molar refractivity (Wildman–Crippen MR) is 62.1 cm³/mol. The zero-order chi connectivity index (χ0) is 11.7. The molecule has 0 radical (unpaired) electrons. The molecule has 0 N–H and O–H groups in total. The molecule has 1 heterocycles. The van der Waals surface area contributed by atoms with E-state index in [1.165, 1.54) is 23.5 Å². The van der Waals surface area contributed by atoms with Crippen LogP contribution in [0.5, 0.6) is 0 Å². The molecule has 1 aromatic heterocycles. The van der Waals surface area contributed by atoms with Gasteiger partial charge in [-0.25, -0.2) is 8.78 Å². The summed E-state index contributed by atoms with van der Waals surface area (Å²) in [6, 6.07) is 6.97. The summed E-state index contributed by atoms with van der Waals surface area (Å²) in [5, 5.41) is 8.77. The van der Waals surface area contributed by atoms with E-state index in [-0.39, 0.29) is 0 Å². The van der Waals surface area contributed by atoms with E-state index < -0.39 is 11.6 Å². The van der Waals surface area contributed by atoms with Crippen molar-refractivity contribution in [1.29, 1.82) is 5.26 Å². The molecule has 0 bridgehead atoms. The molecule has 0 saturated heterocycles. The van der Waals surface area contributed by atoms with E-state index in [0.29, 0.717) is 19.8 Å². The molecule has 0 aliphatic heterocycles. The monoisotopic (exact) mass is 299 g/mol. The van der Waals surface area contributed by atoms with Crippen LogP contribution in [0.2, 0.25) is 0 Å². The normalized spacial score (nSPS) is 10.1. The first-order valence-electron chi connectivity index (χ1n) is 4.26. The van der Waals surface area contributed by atoms with Crippen LogP contribution in [0, 0.1) is 23.0 Å².